The van der Waals surface area contributed by atoms with Crippen molar-refractivity contribution in [2.45, 2.75) is 105 Å². The molecule has 1 aliphatic carbocycles. The van der Waals surface area contributed by atoms with Crippen LogP contribution in [0.2, 0.25) is 20.5 Å². The molecule has 0 amide bonds. The second-order valence-electron chi connectivity index (χ2n) is 7.88. The molecule has 1 rings (SSSR count). The molecule has 0 bridgehead atoms. The summed E-state index contributed by atoms with van der Waals surface area (Å²) in [6.07, 6.45) is 18.3. The van der Waals surface area contributed by atoms with Crippen molar-refractivity contribution in [3.63, 3.8) is 0 Å². The first-order valence-corrected chi connectivity index (χ1v) is 19.5. The predicted octanol–water partition coefficient (Wildman–Crippen LogP) is 8.06. The van der Waals surface area contributed by atoms with Crippen LogP contribution in [0.4, 0.5) is 0 Å². The van der Waals surface area contributed by atoms with E-state index in [1.807, 2.05) is 3.96 Å². The Balaban J connectivity index is 3.25. The van der Waals surface area contributed by atoms with E-state index >= 15 is 0 Å². The van der Waals surface area contributed by atoms with Crippen molar-refractivity contribution in [2.24, 2.45) is 0 Å². The van der Waals surface area contributed by atoms with Gasteiger partial charge in [0.05, 0.1) is 0 Å². The van der Waals surface area contributed by atoms with Crippen LogP contribution in [0, 0.1) is 0 Å². The van der Waals surface area contributed by atoms with Gasteiger partial charge in [0, 0.05) is 0 Å². The standard InChI is InChI=1S/C9H15O3Si.3C5H11.Pt/c1-10-13(11-2,12-3)8-9-6-4-5-7-9;3*1-3-5-4-2;/h4,6H,5,8H2,1-3H3;3*1,3-5H2,2H3;. The average Bonchev–Trinajstić information content (AvgIpc) is 3.21. The van der Waals surface area contributed by atoms with E-state index in [4.69, 9.17) is 13.3 Å². The third-order valence-electron chi connectivity index (χ3n) is 5.73. The topological polar surface area (TPSA) is 27.7 Å². The Kier molecular flexibility index (Phi) is 14.2. The number of hydrogen-bond donors (Lipinski definition) is 0. The molecule has 0 atom stereocenters. The van der Waals surface area contributed by atoms with Crippen LogP contribution >= 0.6 is 0 Å². The van der Waals surface area contributed by atoms with E-state index in [-0.39, 0.29) is 0 Å². The van der Waals surface area contributed by atoms with E-state index in [1.54, 1.807) is 21.3 Å². The fourth-order valence-electron chi connectivity index (χ4n) is 3.87. The van der Waals surface area contributed by atoms with Gasteiger partial charge in [0.1, 0.15) is 0 Å². The van der Waals surface area contributed by atoms with Crippen molar-refractivity contribution in [2.75, 3.05) is 21.3 Å². The molecular formula is C24H48O3PtSi. The molecule has 3 nitrogen and oxygen atoms in total. The van der Waals surface area contributed by atoms with Gasteiger partial charge in [-0.2, -0.15) is 0 Å². The summed E-state index contributed by atoms with van der Waals surface area (Å²) < 4.78 is 19.3. The molecule has 0 fully saturated rings. The van der Waals surface area contributed by atoms with Gasteiger partial charge in [0.15, 0.2) is 0 Å². The van der Waals surface area contributed by atoms with Crippen molar-refractivity contribution in [1.29, 1.82) is 0 Å². The number of unbranched alkanes of at least 4 members (excludes halogenated alkanes) is 6. The number of allylic oxidation sites excluding steroid dienone is 4. The zero-order valence-electron chi connectivity index (χ0n) is 20.1. The molecule has 0 heterocycles. The molecule has 0 saturated heterocycles. The quantitative estimate of drug-likeness (QED) is 0.117. The second-order valence-corrected chi connectivity index (χ2v) is 21.4. The summed E-state index contributed by atoms with van der Waals surface area (Å²) in [7, 11) is 2.64. The predicted molar refractivity (Wildman–Crippen MR) is 125 cm³/mol. The minimum absolute atomic E-state index is 0.836. The van der Waals surface area contributed by atoms with E-state index in [0.29, 0.717) is 0 Å². The third-order valence-corrected chi connectivity index (χ3v) is 21.4. The van der Waals surface area contributed by atoms with Crippen LogP contribution in [-0.4, -0.2) is 30.1 Å². The number of rotatable bonds is 18. The van der Waals surface area contributed by atoms with E-state index < -0.39 is 24.9 Å². The fraction of sp³-hybridized carbons (Fsp3) is 0.833. The minimum atomic E-state index is -2.60. The van der Waals surface area contributed by atoms with E-state index in [0.717, 1.165) is 6.04 Å². The molecular weight excluding hydrogens is 559 g/mol. The molecule has 176 valence electrons. The Morgan fingerprint density at radius 1 is 0.759 bits per heavy atom. The Morgan fingerprint density at radius 3 is 1.59 bits per heavy atom. The molecule has 0 aromatic carbocycles. The second kappa shape index (κ2) is 15.1. The van der Waals surface area contributed by atoms with Crippen LogP contribution in [0.1, 0.15) is 85.0 Å². The Labute approximate surface area is 186 Å². The van der Waals surface area contributed by atoms with Crippen LogP contribution < -0.4 is 0 Å². The first-order chi connectivity index (χ1) is 14.1. The van der Waals surface area contributed by atoms with E-state index in [9.17, 15) is 0 Å². The maximum atomic E-state index is 5.80. The normalized spacial score (nSPS) is 15.5. The van der Waals surface area contributed by atoms with Crippen molar-refractivity contribution < 1.29 is 29.3 Å². The average molecular weight is 608 g/mol. The van der Waals surface area contributed by atoms with Crippen molar-refractivity contribution in [1.82, 2.24) is 0 Å². The summed E-state index contributed by atoms with van der Waals surface area (Å²) >= 11 is -2.06. The molecule has 0 radical (unpaired) electrons. The van der Waals surface area contributed by atoms with Gasteiger partial charge >= 0.3 is 187 Å². The monoisotopic (exact) mass is 607 g/mol. The molecule has 0 aromatic heterocycles. The summed E-state index contributed by atoms with van der Waals surface area (Å²) in [6.45, 7) is 7.00. The molecule has 0 aromatic rings. The molecule has 0 unspecified atom stereocenters. The first kappa shape index (κ1) is 27.3. The van der Waals surface area contributed by atoms with Gasteiger partial charge in [-0.05, 0) is 0 Å². The van der Waals surface area contributed by atoms with Gasteiger partial charge in [0.2, 0.25) is 0 Å². The summed E-state index contributed by atoms with van der Waals surface area (Å²) in [6, 6.07) is 0.836. The summed E-state index contributed by atoms with van der Waals surface area (Å²) in [5.74, 6) is 0. The third kappa shape index (κ3) is 8.37. The molecule has 0 N–H and O–H groups in total. The van der Waals surface area contributed by atoms with Crippen LogP contribution in [0.15, 0.2) is 21.7 Å². The van der Waals surface area contributed by atoms with Crippen molar-refractivity contribution in [3.05, 3.63) is 21.7 Å². The van der Waals surface area contributed by atoms with E-state index in [2.05, 4.69) is 32.9 Å². The Hall–Kier alpha value is 0.265. The SMILES string of the molecule is CCCC[CH2][Pt]([CH2]CCCC)([CH2]CCCC)[C]1=C(C[Si](OC)(OC)OC)C=CC1. The van der Waals surface area contributed by atoms with Gasteiger partial charge in [-0.3, -0.25) is 0 Å². The van der Waals surface area contributed by atoms with Crippen molar-refractivity contribution >= 4 is 8.80 Å². The van der Waals surface area contributed by atoms with Crippen LogP contribution in [-0.2, 0) is 29.3 Å². The molecule has 29 heavy (non-hydrogen) atoms. The van der Waals surface area contributed by atoms with Gasteiger partial charge in [0.25, 0.3) is 0 Å². The number of hydrogen-bond acceptors (Lipinski definition) is 3. The first-order valence-electron chi connectivity index (χ1n) is 11.6. The van der Waals surface area contributed by atoms with Gasteiger partial charge in [-0.15, -0.1) is 0 Å². The summed E-state index contributed by atoms with van der Waals surface area (Å²) in [4.78, 5) is 4.53. The molecule has 1 aliphatic rings. The molecule has 0 aliphatic heterocycles. The summed E-state index contributed by atoms with van der Waals surface area (Å²) in [5, 5.41) is 0. The van der Waals surface area contributed by atoms with E-state index in [1.165, 1.54) is 84.2 Å². The van der Waals surface area contributed by atoms with Gasteiger partial charge in [-0.25, -0.2) is 0 Å². The van der Waals surface area contributed by atoms with Gasteiger partial charge < -0.3 is 0 Å². The molecule has 5 heteroatoms. The van der Waals surface area contributed by atoms with Crippen LogP contribution in [0.3, 0.4) is 0 Å². The Morgan fingerprint density at radius 2 is 1.21 bits per heavy atom. The summed E-state index contributed by atoms with van der Waals surface area (Å²) in [5.41, 5.74) is 1.52. The van der Waals surface area contributed by atoms with Crippen LogP contribution in [0.5, 0.6) is 0 Å². The molecule has 0 spiro atoms. The Bertz CT molecular complexity index is 466. The zero-order chi connectivity index (χ0) is 21.6. The fourth-order valence-corrected chi connectivity index (χ4v) is 19.2. The zero-order valence-corrected chi connectivity index (χ0v) is 23.4. The molecule has 0 saturated carbocycles. The van der Waals surface area contributed by atoms with Crippen molar-refractivity contribution in [3.8, 4) is 0 Å². The van der Waals surface area contributed by atoms with Gasteiger partial charge in [-0.1, -0.05) is 0 Å². The van der Waals surface area contributed by atoms with Crippen LogP contribution in [0.25, 0.3) is 0 Å². The maximum absolute atomic E-state index is 5.80.